The van der Waals surface area contributed by atoms with Gasteiger partial charge in [0.15, 0.2) is 0 Å². The number of alkyl halides is 2. The van der Waals surface area contributed by atoms with Crippen molar-refractivity contribution in [1.82, 2.24) is 5.32 Å². The van der Waals surface area contributed by atoms with Crippen LogP contribution in [-0.4, -0.2) is 31.3 Å². The number of nitrogens with one attached hydrogen (secondary N) is 1. The van der Waals surface area contributed by atoms with Crippen molar-refractivity contribution in [3.05, 3.63) is 25.3 Å². The quantitative estimate of drug-likeness (QED) is 0.390. The van der Waals surface area contributed by atoms with E-state index in [-0.39, 0.29) is 6.42 Å². The zero-order valence-electron chi connectivity index (χ0n) is 11.2. The lowest BCUT2D eigenvalue weighted by Gasteiger charge is -2.11. The highest BCUT2D eigenvalue weighted by Crippen LogP contribution is 2.26. The van der Waals surface area contributed by atoms with Gasteiger partial charge < -0.3 is 5.32 Å². The number of halogens is 2. The summed E-state index contributed by atoms with van der Waals surface area (Å²) in [6.45, 7) is 10.6. The van der Waals surface area contributed by atoms with E-state index in [1.54, 1.807) is 0 Å². The first-order chi connectivity index (χ1) is 8.72. The number of rotatable bonds is 9. The van der Waals surface area contributed by atoms with E-state index in [1.165, 1.54) is 0 Å². The molecule has 0 spiro atoms. The van der Waals surface area contributed by atoms with Crippen molar-refractivity contribution >= 4 is 10.1 Å². The summed E-state index contributed by atoms with van der Waals surface area (Å²) in [5.74, 6) is 0. The molecule has 0 heterocycles. The molecule has 4 nitrogen and oxygen atoms in total. The molecule has 2 N–H and O–H groups in total. The van der Waals surface area contributed by atoms with Crippen LogP contribution in [-0.2, 0) is 10.1 Å². The van der Waals surface area contributed by atoms with Crippen LogP contribution in [0.3, 0.4) is 0 Å². The van der Waals surface area contributed by atoms with Crippen LogP contribution >= 0.6 is 0 Å². The highest BCUT2D eigenvalue weighted by Gasteiger charge is 2.42. The van der Waals surface area contributed by atoms with Gasteiger partial charge in [0, 0.05) is 19.5 Å². The minimum atomic E-state index is -5.22. The zero-order chi connectivity index (χ0) is 15.4. The van der Waals surface area contributed by atoms with E-state index >= 15 is 0 Å². The summed E-state index contributed by atoms with van der Waals surface area (Å²) in [5, 5.41) is -0.935. The Morgan fingerprint density at radius 2 is 1.68 bits per heavy atom. The van der Waals surface area contributed by atoms with Crippen molar-refractivity contribution in [2.24, 2.45) is 0 Å². The van der Waals surface area contributed by atoms with Crippen LogP contribution in [0, 0.1) is 0 Å². The lowest BCUT2D eigenvalue weighted by molar-refractivity contribution is 0.0685. The minimum absolute atomic E-state index is 0.100. The highest BCUT2D eigenvalue weighted by atomic mass is 32.2. The van der Waals surface area contributed by atoms with Crippen LogP contribution in [0.2, 0.25) is 0 Å². The van der Waals surface area contributed by atoms with Crippen LogP contribution in [0.1, 0.15) is 32.6 Å². The van der Waals surface area contributed by atoms with E-state index in [9.17, 15) is 17.2 Å². The number of hydrogen-bond acceptors (Lipinski definition) is 3. The lowest BCUT2D eigenvalue weighted by atomic mass is 10.2. The first kappa shape index (κ1) is 20.5. The molecule has 114 valence electrons. The molecule has 0 aliphatic heterocycles. The third-order valence-corrected chi connectivity index (χ3v) is 2.99. The highest BCUT2D eigenvalue weighted by molar-refractivity contribution is 7.86. The molecular weight excluding hydrogens is 276 g/mol. The SMILES string of the molecule is C=CCNCC=C.CCCCCC(F)(F)S(=O)(=O)O. The van der Waals surface area contributed by atoms with Crippen LogP contribution < -0.4 is 5.32 Å². The van der Waals surface area contributed by atoms with Crippen molar-refractivity contribution in [3.63, 3.8) is 0 Å². The summed E-state index contributed by atoms with van der Waals surface area (Å²) in [6.07, 6.45) is 4.20. The molecule has 0 aliphatic carbocycles. The van der Waals surface area contributed by atoms with Crippen molar-refractivity contribution < 1.29 is 21.8 Å². The van der Waals surface area contributed by atoms with E-state index in [0.717, 1.165) is 19.5 Å². The summed E-state index contributed by atoms with van der Waals surface area (Å²) in [5.41, 5.74) is 0. The van der Waals surface area contributed by atoms with Gasteiger partial charge in [0.2, 0.25) is 0 Å². The summed E-state index contributed by atoms with van der Waals surface area (Å²) in [7, 11) is -5.22. The van der Waals surface area contributed by atoms with Gasteiger partial charge in [-0.25, -0.2) is 0 Å². The summed E-state index contributed by atoms with van der Waals surface area (Å²) in [6, 6.07) is 0. The second-order valence-corrected chi connectivity index (χ2v) is 5.35. The van der Waals surface area contributed by atoms with Crippen LogP contribution in [0.15, 0.2) is 25.3 Å². The molecular formula is C12H23F2NO3S. The Bertz CT molecular complexity index is 335. The average molecular weight is 299 g/mol. The molecule has 19 heavy (non-hydrogen) atoms. The van der Waals surface area contributed by atoms with Crippen molar-refractivity contribution in [3.8, 4) is 0 Å². The van der Waals surface area contributed by atoms with Gasteiger partial charge in [0.1, 0.15) is 0 Å². The van der Waals surface area contributed by atoms with Gasteiger partial charge in [-0.3, -0.25) is 4.55 Å². The molecule has 7 heteroatoms. The van der Waals surface area contributed by atoms with Crippen LogP contribution in [0.5, 0.6) is 0 Å². The van der Waals surface area contributed by atoms with E-state index in [0.29, 0.717) is 6.42 Å². The molecule has 0 amide bonds. The molecule has 0 aliphatic rings. The Morgan fingerprint density at radius 1 is 1.21 bits per heavy atom. The third kappa shape index (κ3) is 12.0. The zero-order valence-corrected chi connectivity index (χ0v) is 12.1. The molecule has 0 radical (unpaired) electrons. The Balaban J connectivity index is 0. The molecule has 0 saturated heterocycles. The largest absolute Gasteiger partial charge is 0.370 e. The standard InChI is InChI=1S/C6H12F2O3S.C6H11N/c1-2-3-4-5-6(7,8)12(9,10)11;1-3-5-7-6-4-2/h2-5H2,1H3,(H,9,10,11);3-4,7H,1-2,5-6H2. The normalized spacial score (nSPS) is 11.4. The summed E-state index contributed by atoms with van der Waals surface area (Å²) >= 11 is 0. The smallest absolute Gasteiger partial charge is 0.310 e. The van der Waals surface area contributed by atoms with E-state index in [2.05, 4.69) is 18.5 Å². The Morgan fingerprint density at radius 3 is 2.00 bits per heavy atom. The van der Waals surface area contributed by atoms with Crippen LogP contribution in [0.4, 0.5) is 8.78 Å². The molecule has 0 bridgehead atoms. The Labute approximate surface area is 114 Å². The summed E-state index contributed by atoms with van der Waals surface area (Å²) in [4.78, 5) is 0. The Kier molecular flexibility index (Phi) is 12.0. The number of hydrogen-bond donors (Lipinski definition) is 2. The van der Waals surface area contributed by atoms with Gasteiger partial charge in [0.25, 0.3) is 0 Å². The van der Waals surface area contributed by atoms with Crippen molar-refractivity contribution in [2.45, 2.75) is 37.9 Å². The fraction of sp³-hybridized carbons (Fsp3) is 0.667. The molecule has 0 aromatic rings. The van der Waals surface area contributed by atoms with Crippen molar-refractivity contribution in [2.75, 3.05) is 13.1 Å². The number of unbranched alkanes of at least 4 members (excludes halogenated alkanes) is 2. The van der Waals surface area contributed by atoms with Gasteiger partial charge in [-0.1, -0.05) is 31.9 Å². The van der Waals surface area contributed by atoms with Gasteiger partial charge >= 0.3 is 15.4 Å². The van der Waals surface area contributed by atoms with Gasteiger partial charge in [-0.05, 0) is 6.42 Å². The second-order valence-electron chi connectivity index (χ2n) is 3.81. The second kappa shape index (κ2) is 11.1. The molecule has 0 aromatic heterocycles. The summed E-state index contributed by atoms with van der Waals surface area (Å²) < 4.78 is 53.0. The fourth-order valence-corrected chi connectivity index (χ4v) is 1.40. The van der Waals surface area contributed by atoms with E-state index in [4.69, 9.17) is 4.55 Å². The molecule has 0 saturated carbocycles. The third-order valence-electron chi connectivity index (χ3n) is 2.03. The first-order valence-corrected chi connectivity index (χ1v) is 7.44. The average Bonchev–Trinajstić information content (AvgIpc) is 2.29. The van der Waals surface area contributed by atoms with Gasteiger partial charge in [0.05, 0.1) is 0 Å². The maximum Gasteiger partial charge on any atom is 0.370 e. The lowest BCUT2D eigenvalue weighted by Crippen LogP contribution is -2.27. The fourth-order valence-electron chi connectivity index (χ4n) is 0.997. The predicted molar refractivity (Wildman–Crippen MR) is 73.9 cm³/mol. The van der Waals surface area contributed by atoms with Gasteiger partial charge in [-0.2, -0.15) is 17.2 Å². The van der Waals surface area contributed by atoms with E-state index < -0.39 is 21.8 Å². The predicted octanol–water partition coefficient (Wildman–Crippen LogP) is 3.00. The maximum absolute atomic E-state index is 12.4. The minimum Gasteiger partial charge on any atom is -0.310 e. The van der Waals surface area contributed by atoms with Crippen LogP contribution in [0.25, 0.3) is 0 Å². The maximum atomic E-state index is 12.4. The molecule has 0 atom stereocenters. The van der Waals surface area contributed by atoms with Crippen molar-refractivity contribution in [1.29, 1.82) is 0 Å². The molecule has 0 rings (SSSR count). The van der Waals surface area contributed by atoms with Gasteiger partial charge in [-0.15, -0.1) is 13.2 Å². The molecule has 0 fully saturated rings. The first-order valence-electron chi connectivity index (χ1n) is 6.00. The molecule has 0 unspecified atom stereocenters. The monoisotopic (exact) mass is 299 g/mol. The molecule has 0 aromatic carbocycles. The Hall–Kier alpha value is -0.790. The van der Waals surface area contributed by atoms with E-state index in [1.807, 2.05) is 19.1 Å². The topological polar surface area (TPSA) is 66.4 Å².